The fraction of sp³-hybridized carbons (Fsp3) is 0.189. The Kier molecular flexibility index (Phi) is 10.5. The third kappa shape index (κ3) is 8.99. The van der Waals surface area contributed by atoms with E-state index in [0.29, 0.717) is 24.4 Å². The van der Waals surface area contributed by atoms with Crippen molar-refractivity contribution in [3.05, 3.63) is 130 Å². The lowest BCUT2D eigenvalue weighted by atomic mass is 10.0. The molecule has 4 nitrogen and oxygen atoms in total. The number of nitriles is 2. The molecular formula is C37H34N2O2. The summed E-state index contributed by atoms with van der Waals surface area (Å²) in [6.07, 6.45) is 6.68. The minimum absolute atomic E-state index is 0.639. The topological polar surface area (TPSA) is 66.0 Å². The van der Waals surface area contributed by atoms with E-state index in [2.05, 4.69) is 12.1 Å². The van der Waals surface area contributed by atoms with Gasteiger partial charge >= 0.3 is 0 Å². The second kappa shape index (κ2) is 14.9. The molecule has 0 saturated carbocycles. The number of unbranched alkanes of at least 4 members (excludes halogenated alkanes) is 2. The average molecular weight is 539 g/mol. The first-order valence-electron chi connectivity index (χ1n) is 13.9. The molecule has 0 spiro atoms. The molecule has 0 bridgehead atoms. The van der Waals surface area contributed by atoms with Crippen LogP contribution in [-0.4, -0.2) is 13.2 Å². The van der Waals surface area contributed by atoms with Gasteiger partial charge in [0.15, 0.2) is 0 Å². The number of hydrogen-bond donors (Lipinski definition) is 0. The molecule has 0 N–H and O–H groups in total. The van der Waals surface area contributed by atoms with Crippen LogP contribution < -0.4 is 9.47 Å². The number of ether oxygens (including phenoxy) is 2. The van der Waals surface area contributed by atoms with E-state index in [1.807, 2.05) is 123 Å². The highest BCUT2D eigenvalue weighted by atomic mass is 16.5. The van der Waals surface area contributed by atoms with Crippen molar-refractivity contribution in [3.8, 4) is 23.6 Å². The maximum absolute atomic E-state index is 9.56. The smallest absolute Gasteiger partial charge is 0.119 e. The Morgan fingerprint density at radius 3 is 1.24 bits per heavy atom. The molecule has 0 aliphatic carbocycles. The van der Waals surface area contributed by atoms with E-state index >= 15 is 0 Å². The van der Waals surface area contributed by atoms with Gasteiger partial charge in [0.05, 0.1) is 36.5 Å². The Hall–Kier alpha value is -5.06. The highest BCUT2D eigenvalue weighted by molar-refractivity contribution is 5.90. The summed E-state index contributed by atoms with van der Waals surface area (Å²) in [6.45, 7) is 5.36. The molecule has 0 aliphatic heterocycles. The Morgan fingerprint density at radius 2 is 0.902 bits per heavy atom. The summed E-state index contributed by atoms with van der Waals surface area (Å²) in [7, 11) is 0. The summed E-state index contributed by atoms with van der Waals surface area (Å²) < 4.78 is 11.8. The summed E-state index contributed by atoms with van der Waals surface area (Å²) in [4.78, 5) is 0. The van der Waals surface area contributed by atoms with Crippen LogP contribution in [0.1, 0.15) is 52.6 Å². The Morgan fingerprint density at radius 1 is 0.537 bits per heavy atom. The molecule has 0 fully saturated rings. The minimum atomic E-state index is 0.639. The number of hydrogen-bond acceptors (Lipinski definition) is 4. The molecule has 0 unspecified atom stereocenters. The van der Waals surface area contributed by atoms with E-state index < -0.39 is 0 Å². The third-order valence-corrected chi connectivity index (χ3v) is 6.67. The van der Waals surface area contributed by atoms with Gasteiger partial charge < -0.3 is 9.47 Å². The van der Waals surface area contributed by atoms with Crippen LogP contribution in [-0.2, 0) is 0 Å². The molecule has 204 valence electrons. The highest BCUT2D eigenvalue weighted by Gasteiger charge is 2.03. The zero-order chi connectivity index (χ0) is 28.9. The predicted octanol–water partition coefficient (Wildman–Crippen LogP) is 9.06. The van der Waals surface area contributed by atoms with Gasteiger partial charge in [-0.05, 0) is 91.8 Å². The van der Waals surface area contributed by atoms with E-state index in [-0.39, 0.29) is 0 Å². The Balaban J connectivity index is 1.15. The van der Waals surface area contributed by atoms with Crippen LogP contribution in [0, 0.1) is 36.5 Å². The SMILES string of the molecule is Cc1ccc(/C(C#N)=C/c2ccc(OCCCCCOc3ccc(/C=C(/C#N)c4ccc(C)cc4)cc3)cc2)cc1. The van der Waals surface area contributed by atoms with Crippen LogP contribution in [0.15, 0.2) is 97.1 Å². The minimum Gasteiger partial charge on any atom is -0.494 e. The van der Waals surface area contributed by atoms with Crippen molar-refractivity contribution in [3.63, 3.8) is 0 Å². The molecule has 4 aromatic rings. The number of aryl methyl sites for hydroxylation is 2. The van der Waals surface area contributed by atoms with Gasteiger partial charge in [0, 0.05) is 0 Å². The van der Waals surface area contributed by atoms with Crippen molar-refractivity contribution < 1.29 is 9.47 Å². The average Bonchev–Trinajstić information content (AvgIpc) is 3.00. The normalized spacial score (nSPS) is 11.4. The molecule has 4 rings (SSSR count). The van der Waals surface area contributed by atoms with Crippen molar-refractivity contribution >= 4 is 23.3 Å². The lowest BCUT2D eigenvalue weighted by Gasteiger charge is -2.08. The summed E-state index contributed by atoms with van der Waals surface area (Å²) in [5, 5.41) is 19.1. The van der Waals surface area contributed by atoms with E-state index in [4.69, 9.17) is 9.47 Å². The molecule has 4 heteroatoms. The van der Waals surface area contributed by atoms with Crippen LogP contribution in [0.5, 0.6) is 11.5 Å². The van der Waals surface area contributed by atoms with Gasteiger partial charge in [-0.1, -0.05) is 83.9 Å². The first kappa shape index (κ1) is 28.9. The number of nitrogens with zero attached hydrogens (tertiary/aromatic N) is 2. The zero-order valence-corrected chi connectivity index (χ0v) is 23.6. The second-order valence-corrected chi connectivity index (χ2v) is 9.97. The number of benzene rings is 4. The molecule has 0 radical (unpaired) electrons. The zero-order valence-electron chi connectivity index (χ0n) is 23.6. The van der Waals surface area contributed by atoms with Gasteiger partial charge in [-0.25, -0.2) is 0 Å². The van der Waals surface area contributed by atoms with E-state index in [1.54, 1.807) is 0 Å². The molecule has 4 aromatic carbocycles. The first-order chi connectivity index (χ1) is 20.0. The second-order valence-electron chi connectivity index (χ2n) is 9.97. The molecule has 0 saturated heterocycles. The molecule has 41 heavy (non-hydrogen) atoms. The third-order valence-electron chi connectivity index (χ3n) is 6.67. The van der Waals surface area contributed by atoms with Gasteiger partial charge in [-0.3, -0.25) is 0 Å². The van der Waals surface area contributed by atoms with Crippen LogP contribution in [0.25, 0.3) is 23.3 Å². The van der Waals surface area contributed by atoms with Crippen LogP contribution in [0.3, 0.4) is 0 Å². The largest absolute Gasteiger partial charge is 0.494 e. The van der Waals surface area contributed by atoms with Gasteiger partial charge in [0.2, 0.25) is 0 Å². The van der Waals surface area contributed by atoms with Crippen molar-refractivity contribution in [1.29, 1.82) is 10.5 Å². The Labute approximate surface area is 243 Å². The maximum Gasteiger partial charge on any atom is 0.119 e. The van der Waals surface area contributed by atoms with Crippen LogP contribution in [0.4, 0.5) is 0 Å². The quantitative estimate of drug-likeness (QED) is 0.102. The van der Waals surface area contributed by atoms with E-state index in [1.165, 1.54) is 11.1 Å². The van der Waals surface area contributed by atoms with Crippen molar-refractivity contribution in [1.82, 2.24) is 0 Å². The van der Waals surface area contributed by atoms with Crippen molar-refractivity contribution in [2.45, 2.75) is 33.1 Å². The summed E-state index contributed by atoms with van der Waals surface area (Å²) in [6, 6.07) is 36.2. The van der Waals surface area contributed by atoms with Gasteiger partial charge in [-0.2, -0.15) is 10.5 Å². The summed E-state index contributed by atoms with van der Waals surface area (Å²) in [5.74, 6) is 1.65. The lowest BCUT2D eigenvalue weighted by Crippen LogP contribution is -2.01. The van der Waals surface area contributed by atoms with Gasteiger partial charge in [0.25, 0.3) is 0 Å². The Bertz CT molecular complexity index is 1430. The van der Waals surface area contributed by atoms with E-state index in [0.717, 1.165) is 53.0 Å². The van der Waals surface area contributed by atoms with Crippen LogP contribution in [0.2, 0.25) is 0 Å². The highest BCUT2D eigenvalue weighted by Crippen LogP contribution is 2.22. The predicted molar refractivity (Wildman–Crippen MR) is 167 cm³/mol. The molecule has 0 amide bonds. The van der Waals surface area contributed by atoms with Gasteiger partial charge in [-0.15, -0.1) is 0 Å². The summed E-state index contributed by atoms with van der Waals surface area (Å²) in [5.41, 5.74) is 7.38. The first-order valence-corrected chi connectivity index (χ1v) is 13.9. The fourth-order valence-corrected chi connectivity index (χ4v) is 4.24. The monoisotopic (exact) mass is 538 g/mol. The van der Waals surface area contributed by atoms with Crippen molar-refractivity contribution in [2.24, 2.45) is 0 Å². The summed E-state index contributed by atoms with van der Waals surface area (Å²) >= 11 is 0. The fourth-order valence-electron chi connectivity index (χ4n) is 4.24. The van der Waals surface area contributed by atoms with E-state index in [9.17, 15) is 10.5 Å². The molecule has 0 heterocycles. The van der Waals surface area contributed by atoms with Crippen molar-refractivity contribution in [2.75, 3.05) is 13.2 Å². The molecule has 0 atom stereocenters. The molecule has 0 aromatic heterocycles. The number of rotatable bonds is 12. The standard InChI is InChI=1S/C37H34N2O2/c1-28-6-14-32(15-7-28)34(26-38)24-30-10-18-36(19-11-30)40-22-4-3-5-23-41-37-20-12-31(13-21-37)25-35(27-39)33-16-8-29(2)9-17-33/h6-21,24-25H,3-5,22-23H2,1-2H3/b34-24-,35-25+. The number of allylic oxidation sites excluding steroid dienone is 2. The molecule has 0 aliphatic rings. The van der Waals surface area contributed by atoms with Crippen LogP contribution >= 0.6 is 0 Å². The lowest BCUT2D eigenvalue weighted by molar-refractivity contribution is 0.279. The maximum atomic E-state index is 9.56. The molecular weight excluding hydrogens is 504 g/mol. The van der Waals surface area contributed by atoms with Gasteiger partial charge in [0.1, 0.15) is 11.5 Å².